The van der Waals surface area contributed by atoms with Crippen molar-refractivity contribution in [3.8, 4) is 11.5 Å². The van der Waals surface area contributed by atoms with Gasteiger partial charge in [0.05, 0.1) is 23.7 Å². The molecule has 4 N–H and O–H groups in total. The van der Waals surface area contributed by atoms with E-state index in [0.29, 0.717) is 46.5 Å². The highest BCUT2D eigenvalue weighted by atomic mass is 35.5. The van der Waals surface area contributed by atoms with Crippen molar-refractivity contribution in [2.24, 2.45) is 0 Å². The van der Waals surface area contributed by atoms with E-state index in [-0.39, 0.29) is 24.2 Å². The van der Waals surface area contributed by atoms with Gasteiger partial charge in [-0.25, -0.2) is 9.97 Å². The van der Waals surface area contributed by atoms with Crippen LogP contribution in [0, 0.1) is 0 Å². The molecular formula is C29H29ClN6O4. The van der Waals surface area contributed by atoms with E-state index in [1.165, 1.54) is 0 Å². The van der Waals surface area contributed by atoms with Crippen molar-refractivity contribution in [2.75, 3.05) is 17.7 Å². The Morgan fingerprint density at radius 2 is 2.02 bits per heavy atom. The van der Waals surface area contributed by atoms with Gasteiger partial charge in [0.1, 0.15) is 22.7 Å². The summed E-state index contributed by atoms with van der Waals surface area (Å²) in [5.41, 5.74) is 8.89. The third-order valence-electron chi connectivity index (χ3n) is 7.86. The van der Waals surface area contributed by atoms with Gasteiger partial charge in [0.25, 0.3) is 0 Å². The normalized spacial score (nSPS) is 20.4. The van der Waals surface area contributed by atoms with Gasteiger partial charge in [-0.1, -0.05) is 35.9 Å². The molecule has 206 valence electrons. The number of aliphatic carboxylic acids is 1. The van der Waals surface area contributed by atoms with Crippen molar-refractivity contribution in [1.29, 1.82) is 0 Å². The number of carboxylic acids is 1. The molecule has 6 rings (SSSR count). The number of fused-ring (bicyclic) bond motifs is 2. The minimum atomic E-state index is -1.11. The van der Waals surface area contributed by atoms with E-state index in [0.717, 1.165) is 42.3 Å². The number of hydrogen-bond acceptors (Lipinski definition) is 7. The Bertz CT molecular complexity index is 1630. The predicted molar refractivity (Wildman–Crippen MR) is 151 cm³/mol. The zero-order valence-corrected chi connectivity index (χ0v) is 22.7. The zero-order chi connectivity index (χ0) is 28.0. The molecule has 11 heteroatoms. The van der Waals surface area contributed by atoms with Crippen molar-refractivity contribution < 1.29 is 19.4 Å². The summed E-state index contributed by atoms with van der Waals surface area (Å²) in [7, 11) is 0. The number of nitrogens with one attached hydrogen (secondary N) is 1. The second-order valence-electron chi connectivity index (χ2n) is 10.5. The quantitative estimate of drug-likeness (QED) is 0.298. The summed E-state index contributed by atoms with van der Waals surface area (Å²) in [6.07, 6.45) is 3.65. The number of halogens is 1. The van der Waals surface area contributed by atoms with Crippen molar-refractivity contribution in [2.45, 2.75) is 57.1 Å². The average molecular weight is 561 g/mol. The lowest BCUT2D eigenvalue weighted by Gasteiger charge is -2.23. The molecule has 1 amide bonds. The maximum atomic E-state index is 13.4. The van der Waals surface area contributed by atoms with Crippen LogP contribution in [0.4, 0.5) is 11.6 Å². The minimum absolute atomic E-state index is 0.0355. The number of nitrogens with zero attached hydrogens (tertiary/aromatic N) is 4. The van der Waals surface area contributed by atoms with Gasteiger partial charge in [0, 0.05) is 23.4 Å². The van der Waals surface area contributed by atoms with Crippen molar-refractivity contribution in [3.05, 3.63) is 64.2 Å². The number of aryl methyl sites for hydroxylation is 1. The lowest BCUT2D eigenvalue weighted by molar-refractivity contribution is -0.137. The highest BCUT2D eigenvalue weighted by Crippen LogP contribution is 2.45. The van der Waals surface area contributed by atoms with Crippen molar-refractivity contribution in [1.82, 2.24) is 19.7 Å². The highest BCUT2D eigenvalue weighted by Gasteiger charge is 2.47. The number of ether oxygens (including phenoxy) is 1. The lowest BCUT2D eigenvalue weighted by Crippen LogP contribution is -2.33. The molecule has 2 aliphatic rings. The number of anilines is 2. The number of carbonyl (C=O) groups is 2. The molecule has 2 aromatic carbocycles. The van der Waals surface area contributed by atoms with E-state index >= 15 is 0 Å². The molecule has 0 radical (unpaired) electrons. The van der Waals surface area contributed by atoms with Gasteiger partial charge < -0.3 is 20.9 Å². The number of hydrogen-bond donors (Lipinski definition) is 3. The maximum absolute atomic E-state index is 13.4. The van der Waals surface area contributed by atoms with Gasteiger partial charge >= 0.3 is 5.97 Å². The summed E-state index contributed by atoms with van der Waals surface area (Å²) in [6.45, 7) is 3.11. The van der Waals surface area contributed by atoms with E-state index in [1.54, 1.807) is 13.0 Å². The molecule has 4 aromatic rings. The number of rotatable bonds is 7. The van der Waals surface area contributed by atoms with Gasteiger partial charge in [-0.15, -0.1) is 0 Å². The number of carbonyl (C=O) groups excluding carboxylic acids is 1. The van der Waals surface area contributed by atoms with Crippen LogP contribution in [0.2, 0.25) is 5.02 Å². The first-order valence-corrected chi connectivity index (χ1v) is 13.7. The molecule has 0 bridgehead atoms. The molecule has 2 atom stereocenters. The molecule has 0 aliphatic carbocycles. The van der Waals surface area contributed by atoms with Crippen LogP contribution in [0.5, 0.6) is 0 Å². The number of amides is 1. The molecule has 0 spiro atoms. The van der Waals surface area contributed by atoms with Crippen LogP contribution in [0.1, 0.15) is 49.3 Å². The molecule has 1 saturated heterocycles. The monoisotopic (exact) mass is 560 g/mol. The van der Waals surface area contributed by atoms with Crippen LogP contribution in [0.3, 0.4) is 0 Å². The second kappa shape index (κ2) is 10.2. The Labute approximate surface area is 235 Å². The summed E-state index contributed by atoms with van der Waals surface area (Å²) in [5, 5.41) is 18.1. The molecular weight excluding hydrogens is 532 g/mol. The first-order valence-electron chi connectivity index (χ1n) is 13.3. The zero-order valence-electron chi connectivity index (χ0n) is 22.0. The fourth-order valence-corrected chi connectivity index (χ4v) is 5.81. The third-order valence-corrected chi connectivity index (χ3v) is 8.09. The van der Waals surface area contributed by atoms with E-state index in [2.05, 4.69) is 10.3 Å². The minimum Gasteiger partial charge on any atom is -0.481 e. The molecule has 4 heterocycles. The summed E-state index contributed by atoms with van der Waals surface area (Å²) in [6, 6.07) is 12.9. The highest BCUT2D eigenvalue weighted by molar-refractivity contribution is 6.31. The topological polar surface area (TPSA) is 145 Å². The number of carboxylic acid groups (broad SMARTS) is 1. The SMILES string of the molecule is C[C@@]1(c2ccc(CCC(=O)O)cc2)C(=O)Nc2nc(-c3nn(CC4CCCCO4)c4cc(Cl)ccc34)nc(N)c21. The fourth-order valence-electron chi connectivity index (χ4n) is 5.64. The Kier molecular flexibility index (Phi) is 6.67. The van der Waals surface area contributed by atoms with Gasteiger partial charge in [-0.3, -0.25) is 14.3 Å². The second-order valence-corrected chi connectivity index (χ2v) is 10.9. The van der Waals surface area contributed by atoms with Gasteiger partial charge in [0.2, 0.25) is 5.91 Å². The largest absolute Gasteiger partial charge is 0.481 e. The maximum Gasteiger partial charge on any atom is 0.303 e. The Morgan fingerprint density at radius 3 is 2.75 bits per heavy atom. The van der Waals surface area contributed by atoms with Crippen LogP contribution in [-0.2, 0) is 32.7 Å². The average Bonchev–Trinajstić information content (AvgIpc) is 3.42. The molecule has 0 saturated carbocycles. The van der Waals surface area contributed by atoms with E-state index in [9.17, 15) is 9.59 Å². The Morgan fingerprint density at radius 1 is 1.23 bits per heavy atom. The fraction of sp³-hybridized carbons (Fsp3) is 0.345. The predicted octanol–water partition coefficient (Wildman–Crippen LogP) is 4.57. The van der Waals surface area contributed by atoms with Crippen molar-refractivity contribution in [3.63, 3.8) is 0 Å². The molecule has 2 aromatic heterocycles. The molecule has 1 fully saturated rings. The van der Waals surface area contributed by atoms with Gasteiger partial charge in [0.15, 0.2) is 5.82 Å². The van der Waals surface area contributed by atoms with Crippen LogP contribution in [0.25, 0.3) is 22.4 Å². The molecule has 2 aliphatic heterocycles. The molecule has 10 nitrogen and oxygen atoms in total. The van der Waals surface area contributed by atoms with Crippen LogP contribution >= 0.6 is 11.6 Å². The molecule has 1 unspecified atom stereocenters. The van der Waals surface area contributed by atoms with Gasteiger partial charge in [-0.05, 0) is 61.9 Å². The summed E-state index contributed by atoms with van der Waals surface area (Å²) >= 11 is 6.34. The number of benzene rings is 2. The third kappa shape index (κ3) is 4.56. The number of aromatic nitrogens is 4. The van der Waals surface area contributed by atoms with Crippen LogP contribution in [-0.4, -0.2) is 49.4 Å². The Balaban J connectivity index is 1.38. The standard InChI is InChI=1S/C29H29ClN6O4/c1-29(17-8-5-16(6-9-17)7-12-22(37)38)23-25(31)32-27(33-26(23)34-28(29)39)24-20-11-10-18(30)14-21(20)36(35-24)15-19-4-2-3-13-40-19/h5-6,8-11,14,19H,2-4,7,12-13,15H2,1H3,(H,37,38)(H3,31,32,33,34,39)/t19?,29-/m0/s1. The van der Waals surface area contributed by atoms with Gasteiger partial charge in [-0.2, -0.15) is 5.10 Å². The van der Waals surface area contributed by atoms with E-state index in [1.807, 2.05) is 41.1 Å². The van der Waals surface area contributed by atoms with E-state index in [4.69, 9.17) is 37.3 Å². The first kappa shape index (κ1) is 26.2. The van der Waals surface area contributed by atoms with Crippen LogP contribution < -0.4 is 11.1 Å². The first-order chi connectivity index (χ1) is 19.2. The van der Waals surface area contributed by atoms with E-state index < -0.39 is 11.4 Å². The smallest absolute Gasteiger partial charge is 0.303 e. The number of nitrogens with two attached hydrogens (primary N) is 1. The summed E-state index contributed by atoms with van der Waals surface area (Å²) in [4.78, 5) is 33.7. The van der Waals surface area contributed by atoms with Crippen LogP contribution in [0.15, 0.2) is 42.5 Å². The lowest BCUT2D eigenvalue weighted by atomic mass is 9.77. The summed E-state index contributed by atoms with van der Waals surface area (Å²) < 4.78 is 7.83. The summed E-state index contributed by atoms with van der Waals surface area (Å²) in [5.74, 6) is -0.291. The number of nitrogen functional groups attached to an aromatic ring is 1. The Hall–Kier alpha value is -4.02. The van der Waals surface area contributed by atoms with Crippen molar-refractivity contribution >= 4 is 46.0 Å². The molecule has 40 heavy (non-hydrogen) atoms.